The minimum Gasteiger partial charge on any atom is -0.330 e. The van der Waals surface area contributed by atoms with E-state index in [4.69, 9.17) is 17.3 Å². The number of anilines is 1. The Labute approximate surface area is 113 Å². The second-order valence-electron chi connectivity index (χ2n) is 4.93. The second-order valence-corrected chi connectivity index (χ2v) is 5.34. The van der Waals surface area contributed by atoms with Gasteiger partial charge in [0, 0.05) is 16.6 Å². The smallest absolute Gasteiger partial charge is 0.227 e. The molecule has 0 bridgehead atoms. The predicted octanol–water partition coefficient (Wildman–Crippen LogP) is 2.96. The summed E-state index contributed by atoms with van der Waals surface area (Å²) in [5.41, 5.74) is 7.42. The Balaban J connectivity index is 2.09. The number of hydrogen-bond donors (Lipinski definition) is 2. The average molecular weight is 267 g/mol. The van der Waals surface area contributed by atoms with Gasteiger partial charge < -0.3 is 11.1 Å². The van der Waals surface area contributed by atoms with E-state index < -0.39 is 0 Å². The zero-order valence-corrected chi connectivity index (χ0v) is 11.3. The molecule has 98 valence electrons. The van der Waals surface area contributed by atoms with Gasteiger partial charge in [0.2, 0.25) is 5.91 Å². The molecule has 0 heterocycles. The average Bonchev–Trinajstić information content (AvgIpc) is 2.83. The van der Waals surface area contributed by atoms with Crippen LogP contribution in [0, 0.1) is 18.8 Å². The van der Waals surface area contributed by atoms with Crippen LogP contribution in [0.5, 0.6) is 0 Å². The summed E-state index contributed by atoms with van der Waals surface area (Å²) in [5, 5.41) is 3.65. The van der Waals surface area contributed by atoms with Crippen molar-refractivity contribution in [1.82, 2.24) is 0 Å². The Morgan fingerprint density at radius 3 is 3.00 bits per heavy atom. The maximum absolute atomic E-state index is 12.2. The molecule has 0 spiro atoms. The zero-order chi connectivity index (χ0) is 13.1. The van der Waals surface area contributed by atoms with Crippen molar-refractivity contribution in [2.75, 3.05) is 11.9 Å². The Kier molecular flexibility index (Phi) is 4.25. The molecule has 0 aromatic heterocycles. The topological polar surface area (TPSA) is 55.1 Å². The van der Waals surface area contributed by atoms with E-state index in [-0.39, 0.29) is 11.8 Å². The lowest BCUT2D eigenvalue weighted by Gasteiger charge is -2.18. The van der Waals surface area contributed by atoms with Gasteiger partial charge in [-0.25, -0.2) is 0 Å². The maximum atomic E-state index is 12.2. The minimum atomic E-state index is 0.0494. The summed E-state index contributed by atoms with van der Waals surface area (Å²) in [7, 11) is 0. The highest BCUT2D eigenvalue weighted by Crippen LogP contribution is 2.32. The monoisotopic (exact) mass is 266 g/mol. The molecule has 1 aromatic carbocycles. The summed E-state index contributed by atoms with van der Waals surface area (Å²) in [4.78, 5) is 12.2. The lowest BCUT2D eigenvalue weighted by atomic mass is 9.95. The fraction of sp³-hybridized carbons (Fsp3) is 0.500. The summed E-state index contributed by atoms with van der Waals surface area (Å²) in [6.07, 6.45) is 3.09. The number of benzene rings is 1. The number of hydrogen-bond acceptors (Lipinski definition) is 2. The molecule has 2 atom stereocenters. The molecule has 0 unspecified atom stereocenters. The van der Waals surface area contributed by atoms with Crippen molar-refractivity contribution < 1.29 is 4.79 Å². The lowest BCUT2D eigenvalue weighted by Crippen LogP contribution is -2.29. The van der Waals surface area contributed by atoms with Crippen molar-refractivity contribution in [3.63, 3.8) is 0 Å². The first-order valence-corrected chi connectivity index (χ1v) is 6.77. The molecule has 0 radical (unpaired) electrons. The van der Waals surface area contributed by atoms with Gasteiger partial charge in [-0.2, -0.15) is 0 Å². The third kappa shape index (κ3) is 2.68. The third-order valence-electron chi connectivity index (χ3n) is 3.82. The van der Waals surface area contributed by atoms with Crippen LogP contribution in [-0.2, 0) is 4.79 Å². The zero-order valence-electron chi connectivity index (χ0n) is 10.6. The van der Waals surface area contributed by atoms with Crippen LogP contribution in [0.25, 0.3) is 0 Å². The number of carbonyl (C=O) groups excluding carboxylic acids is 1. The van der Waals surface area contributed by atoms with Gasteiger partial charge in [0.25, 0.3) is 0 Å². The van der Waals surface area contributed by atoms with Crippen molar-refractivity contribution in [2.24, 2.45) is 17.6 Å². The highest BCUT2D eigenvalue weighted by atomic mass is 35.5. The quantitative estimate of drug-likeness (QED) is 0.884. The largest absolute Gasteiger partial charge is 0.330 e. The molecule has 1 saturated carbocycles. The molecule has 3 N–H and O–H groups in total. The third-order valence-corrected chi connectivity index (χ3v) is 4.23. The van der Waals surface area contributed by atoms with Crippen LogP contribution < -0.4 is 11.1 Å². The Morgan fingerprint density at radius 1 is 1.50 bits per heavy atom. The van der Waals surface area contributed by atoms with Gasteiger partial charge in [-0.1, -0.05) is 24.1 Å². The van der Waals surface area contributed by atoms with Crippen molar-refractivity contribution in [3.05, 3.63) is 28.8 Å². The number of nitrogens with one attached hydrogen (secondary N) is 1. The lowest BCUT2D eigenvalue weighted by molar-refractivity contribution is -0.120. The van der Waals surface area contributed by atoms with Crippen molar-refractivity contribution in [2.45, 2.75) is 26.2 Å². The number of halogens is 1. The maximum Gasteiger partial charge on any atom is 0.227 e. The molecule has 4 heteroatoms. The highest BCUT2D eigenvalue weighted by molar-refractivity contribution is 6.31. The molecule has 3 nitrogen and oxygen atoms in total. The second kappa shape index (κ2) is 5.72. The van der Waals surface area contributed by atoms with Gasteiger partial charge in [-0.15, -0.1) is 0 Å². The van der Waals surface area contributed by atoms with Gasteiger partial charge in [-0.05, 0) is 49.9 Å². The molecule has 1 fully saturated rings. The van der Waals surface area contributed by atoms with E-state index in [2.05, 4.69) is 5.32 Å². The first-order valence-electron chi connectivity index (χ1n) is 6.39. The van der Waals surface area contributed by atoms with E-state index in [0.29, 0.717) is 17.5 Å². The normalized spacial score (nSPS) is 23.1. The van der Waals surface area contributed by atoms with Crippen LogP contribution in [0.3, 0.4) is 0 Å². The van der Waals surface area contributed by atoms with Crippen molar-refractivity contribution in [3.8, 4) is 0 Å². The fourth-order valence-electron chi connectivity index (χ4n) is 2.63. The molecule has 2 rings (SSSR count). The Bertz CT molecular complexity index is 447. The van der Waals surface area contributed by atoms with E-state index in [9.17, 15) is 4.79 Å². The first-order chi connectivity index (χ1) is 8.63. The summed E-state index contributed by atoms with van der Waals surface area (Å²) in [5.74, 6) is 0.450. The number of nitrogens with two attached hydrogens (primary N) is 1. The molecule has 18 heavy (non-hydrogen) atoms. The molecule has 0 saturated heterocycles. The first kappa shape index (κ1) is 13.4. The van der Waals surface area contributed by atoms with Gasteiger partial charge in [0.05, 0.1) is 0 Å². The van der Waals surface area contributed by atoms with Gasteiger partial charge >= 0.3 is 0 Å². The van der Waals surface area contributed by atoms with Gasteiger partial charge in [-0.3, -0.25) is 4.79 Å². The molecule has 1 amide bonds. The van der Waals surface area contributed by atoms with Crippen molar-refractivity contribution in [1.29, 1.82) is 0 Å². The predicted molar refractivity (Wildman–Crippen MR) is 74.7 cm³/mol. The summed E-state index contributed by atoms with van der Waals surface area (Å²) in [6.45, 7) is 2.50. The van der Waals surface area contributed by atoms with E-state index >= 15 is 0 Å². The standard InChI is InChI=1S/C14H19ClN2O/c1-9-12(15)6-3-7-13(9)17-14(18)11-5-2-4-10(11)8-16/h3,6-7,10-11H,2,4-5,8,16H2,1H3,(H,17,18)/t10-,11-/m1/s1. The Hall–Kier alpha value is -1.06. The van der Waals surface area contributed by atoms with E-state index in [0.717, 1.165) is 30.5 Å². The molecule has 1 aromatic rings. The molecular weight excluding hydrogens is 248 g/mol. The minimum absolute atomic E-state index is 0.0494. The summed E-state index contributed by atoms with van der Waals surface area (Å²) >= 11 is 6.04. The van der Waals surface area contributed by atoms with Crippen LogP contribution in [0.1, 0.15) is 24.8 Å². The van der Waals surface area contributed by atoms with Crippen LogP contribution in [-0.4, -0.2) is 12.5 Å². The van der Waals surface area contributed by atoms with E-state index in [1.807, 2.05) is 25.1 Å². The number of carbonyl (C=O) groups is 1. The van der Waals surface area contributed by atoms with Crippen LogP contribution in [0.2, 0.25) is 5.02 Å². The molecular formula is C14H19ClN2O. The van der Waals surface area contributed by atoms with Crippen LogP contribution >= 0.6 is 11.6 Å². The van der Waals surface area contributed by atoms with Crippen LogP contribution in [0.15, 0.2) is 18.2 Å². The molecule has 1 aliphatic rings. The number of amides is 1. The SMILES string of the molecule is Cc1c(Cl)cccc1NC(=O)[C@@H]1CCC[C@@H]1CN. The van der Waals surface area contributed by atoms with Crippen LogP contribution in [0.4, 0.5) is 5.69 Å². The van der Waals surface area contributed by atoms with Gasteiger partial charge in [0.15, 0.2) is 0 Å². The number of rotatable bonds is 3. The molecule has 0 aliphatic heterocycles. The van der Waals surface area contributed by atoms with Crippen molar-refractivity contribution >= 4 is 23.2 Å². The van der Waals surface area contributed by atoms with E-state index in [1.165, 1.54) is 0 Å². The summed E-state index contributed by atoms with van der Waals surface area (Å²) in [6, 6.07) is 5.55. The van der Waals surface area contributed by atoms with Gasteiger partial charge in [0.1, 0.15) is 0 Å². The molecule has 1 aliphatic carbocycles. The fourth-order valence-corrected chi connectivity index (χ4v) is 2.81. The summed E-state index contributed by atoms with van der Waals surface area (Å²) < 4.78 is 0. The van der Waals surface area contributed by atoms with E-state index in [1.54, 1.807) is 0 Å². The Morgan fingerprint density at radius 2 is 2.28 bits per heavy atom. The highest BCUT2D eigenvalue weighted by Gasteiger charge is 2.32.